The molecular formula is C14H17FN2S. The van der Waals surface area contributed by atoms with Gasteiger partial charge in [0.25, 0.3) is 0 Å². The van der Waals surface area contributed by atoms with Crippen molar-refractivity contribution in [3.05, 3.63) is 24.0 Å². The number of anilines is 1. The molecule has 0 atom stereocenters. The zero-order valence-corrected chi connectivity index (χ0v) is 11.3. The van der Waals surface area contributed by atoms with Gasteiger partial charge < -0.3 is 5.32 Å². The lowest BCUT2D eigenvalue weighted by Gasteiger charge is -2.13. The number of nitrogens with zero attached hydrogens (tertiary/aromatic N) is 1. The summed E-state index contributed by atoms with van der Waals surface area (Å²) in [6, 6.07) is 4.76. The number of hydrogen-bond acceptors (Lipinski definition) is 3. The zero-order chi connectivity index (χ0) is 12.6. The fraction of sp³-hybridized carbons (Fsp3) is 0.500. The molecule has 0 unspecified atom stereocenters. The Morgan fingerprint density at radius 1 is 1.44 bits per heavy atom. The van der Waals surface area contributed by atoms with Gasteiger partial charge in [0, 0.05) is 6.54 Å². The number of aromatic nitrogens is 1. The third-order valence-corrected chi connectivity index (χ3v) is 4.68. The molecule has 1 heterocycles. The number of nitrogens with one attached hydrogen (secondary N) is 1. The van der Waals surface area contributed by atoms with Crippen molar-refractivity contribution in [1.82, 2.24) is 4.98 Å². The lowest BCUT2D eigenvalue weighted by molar-refractivity contribution is 0.485. The van der Waals surface area contributed by atoms with Gasteiger partial charge in [-0.3, -0.25) is 0 Å². The maximum Gasteiger partial charge on any atom is 0.183 e. The zero-order valence-electron chi connectivity index (χ0n) is 10.5. The Morgan fingerprint density at radius 2 is 2.28 bits per heavy atom. The molecule has 1 saturated carbocycles. The minimum absolute atomic E-state index is 0.192. The highest BCUT2D eigenvalue weighted by atomic mass is 32.1. The van der Waals surface area contributed by atoms with E-state index in [4.69, 9.17) is 0 Å². The van der Waals surface area contributed by atoms with E-state index >= 15 is 0 Å². The minimum atomic E-state index is -0.192. The largest absolute Gasteiger partial charge is 0.361 e. The van der Waals surface area contributed by atoms with Crippen LogP contribution in [-0.2, 0) is 0 Å². The second-order valence-corrected chi connectivity index (χ2v) is 6.27. The SMILES string of the molecule is CCCC1(CNc2nc3ccc(F)cc3s2)CC1. The third kappa shape index (κ3) is 2.34. The van der Waals surface area contributed by atoms with E-state index in [2.05, 4.69) is 17.2 Å². The molecule has 2 nitrogen and oxygen atoms in total. The van der Waals surface area contributed by atoms with Crippen molar-refractivity contribution in [1.29, 1.82) is 0 Å². The summed E-state index contributed by atoms with van der Waals surface area (Å²) in [7, 11) is 0. The first-order valence-corrected chi connectivity index (χ1v) is 7.32. The van der Waals surface area contributed by atoms with Gasteiger partial charge in [-0.05, 0) is 42.9 Å². The molecule has 1 aliphatic rings. The topological polar surface area (TPSA) is 24.9 Å². The average Bonchev–Trinajstić information content (AvgIpc) is 2.99. The van der Waals surface area contributed by atoms with Gasteiger partial charge in [-0.15, -0.1) is 0 Å². The Hall–Kier alpha value is -1.16. The summed E-state index contributed by atoms with van der Waals surface area (Å²) in [6.07, 6.45) is 5.19. The van der Waals surface area contributed by atoms with Crippen LogP contribution in [0.3, 0.4) is 0 Å². The molecule has 18 heavy (non-hydrogen) atoms. The van der Waals surface area contributed by atoms with Gasteiger partial charge in [0.2, 0.25) is 0 Å². The maximum atomic E-state index is 13.1. The van der Waals surface area contributed by atoms with Crippen LogP contribution in [-0.4, -0.2) is 11.5 Å². The fourth-order valence-electron chi connectivity index (χ4n) is 2.46. The molecule has 1 aromatic heterocycles. The molecule has 0 bridgehead atoms. The maximum absolute atomic E-state index is 13.1. The molecule has 96 valence electrons. The number of thiazole rings is 1. The quantitative estimate of drug-likeness (QED) is 0.864. The molecule has 3 rings (SSSR count). The summed E-state index contributed by atoms with van der Waals surface area (Å²) in [4.78, 5) is 4.49. The molecule has 1 aromatic carbocycles. The van der Waals surface area contributed by atoms with E-state index in [9.17, 15) is 4.39 Å². The van der Waals surface area contributed by atoms with Gasteiger partial charge in [0.15, 0.2) is 5.13 Å². The monoisotopic (exact) mass is 264 g/mol. The first kappa shape index (κ1) is 11.9. The van der Waals surface area contributed by atoms with E-state index < -0.39 is 0 Å². The predicted octanol–water partition coefficient (Wildman–Crippen LogP) is 4.43. The van der Waals surface area contributed by atoms with Crippen LogP contribution in [0, 0.1) is 11.2 Å². The number of halogens is 1. The lowest BCUT2D eigenvalue weighted by Crippen LogP contribution is -2.14. The molecule has 0 spiro atoms. The van der Waals surface area contributed by atoms with E-state index in [1.807, 2.05) is 0 Å². The van der Waals surface area contributed by atoms with E-state index in [0.717, 1.165) is 21.9 Å². The van der Waals surface area contributed by atoms with Crippen LogP contribution in [0.25, 0.3) is 10.2 Å². The molecule has 0 saturated heterocycles. The normalized spacial score (nSPS) is 17.0. The Balaban J connectivity index is 1.71. The second-order valence-electron chi connectivity index (χ2n) is 5.23. The Labute approximate surface area is 110 Å². The van der Waals surface area contributed by atoms with Crippen molar-refractivity contribution in [3.63, 3.8) is 0 Å². The van der Waals surface area contributed by atoms with Crippen LogP contribution in [0.5, 0.6) is 0 Å². The molecule has 0 radical (unpaired) electrons. The standard InChI is InChI=1S/C14H17FN2S/c1-2-5-14(6-7-14)9-16-13-17-11-4-3-10(15)8-12(11)18-13/h3-4,8H,2,5-7,9H2,1H3,(H,16,17). The van der Waals surface area contributed by atoms with Crippen molar-refractivity contribution < 1.29 is 4.39 Å². The highest BCUT2D eigenvalue weighted by molar-refractivity contribution is 7.22. The van der Waals surface area contributed by atoms with Gasteiger partial charge in [-0.25, -0.2) is 9.37 Å². The number of rotatable bonds is 5. The van der Waals surface area contributed by atoms with Crippen molar-refractivity contribution in [2.45, 2.75) is 32.6 Å². The third-order valence-electron chi connectivity index (χ3n) is 3.70. The summed E-state index contributed by atoms with van der Waals surface area (Å²) >= 11 is 1.54. The van der Waals surface area contributed by atoms with Crippen molar-refractivity contribution in [3.8, 4) is 0 Å². The molecule has 1 aliphatic carbocycles. The average molecular weight is 264 g/mol. The van der Waals surface area contributed by atoms with Crippen molar-refractivity contribution >= 4 is 26.7 Å². The molecular weight excluding hydrogens is 247 g/mol. The van der Waals surface area contributed by atoms with E-state index in [-0.39, 0.29) is 5.82 Å². The lowest BCUT2D eigenvalue weighted by atomic mass is 10.0. The second kappa shape index (κ2) is 4.50. The molecule has 0 aliphatic heterocycles. The molecule has 4 heteroatoms. The summed E-state index contributed by atoms with van der Waals surface area (Å²) in [5.41, 5.74) is 1.39. The smallest absolute Gasteiger partial charge is 0.183 e. The van der Waals surface area contributed by atoms with Gasteiger partial charge in [-0.2, -0.15) is 0 Å². The molecule has 2 aromatic rings. The van der Waals surface area contributed by atoms with Crippen LogP contribution < -0.4 is 5.32 Å². The first-order chi connectivity index (χ1) is 8.71. The van der Waals surface area contributed by atoms with E-state index in [0.29, 0.717) is 5.41 Å². The summed E-state index contributed by atoms with van der Waals surface area (Å²) in [5.74, 6) is -0.192. The van der Waals surface area contributed by atoms with Gasteiger partial charge in [-0.1, -0.05) is 24.7 Å². The van der Waals surface area contributed by atoms with Gasteiger partial charge in [0.1, 0.15) is 5.82 Å². The van der Waals surface area contributed by atoms with Crippen LogP contribution in [0.4, 0.5) is 9.52 Å². The summed E-state index contributed by atoms with van der Waals surface area (Å²) in [5, 5.41) is 4.34. The van der Waals surface area contributed by atoms with Crippen LogP contribution >= 0.6 is 11.3 Å². The highest BCUT2D eigenvalue weighted by Gasteiger charge is 2.41. The number of hydrogen-bond donors (Lipinski definition) is 1. The Kier molecular flexibility index (Phi) is 2.98. The van der Waals surface area contributed by atoms with E-state index in [1.165, 1.54) is 43.1 Å². The van der Waals surface area contributed by atoms with Crippen molar-refractivity contribution in [2.24, 2.45) is 5.41 Å². The Bertz CT molecular complexity index is 560. The predicted molar refractivity (Wildman–Crippen MR) is 74.6 cm³/mol. The highest BCUT2D eigenvalue weighted by Crippen LogP contribution is 2.49. The van der Waals surface area contributed by atoms with Gasteiger partial charge in [0.05, 0.1) is 10.2 Å². The van der Waals surface area contributed by atoms with Crippen LogP contribution in [0.15, 0.2) is 18.2 Å². The molecule has 1 N–H and O–H groups in total. The van der Waals surface area contributed by atoms with E-state index in [1.54, 1.807) is 12.1 Å². The van der Waals surface area contributed by atoms with Gasteiger partial charge >= 0.3 is 0 Å². The number of fused-ring (bicyclic) bond motifs is 1. The molecule has 0 amide bonds. The molecule has 1 fully saturated rings. The first-order valence-electron chi connectivity index (χ1n) is 6.51. The Morgan fingerprint density at radius 3 is 3.00 bits per heavy atom. The van der Waals surface area contributed by atoms with Crippen LogP contribution in [0.2, 0.25) is 0 Å². The minimum Gasteiger partial charge on any atom is -0.361 e. The number of benzene rings is 1. The van der Waals surface area contributed by atoms with Crippen LogP contribution in [0.1, 0.15) is 32.6 Å². The fourth-order valence-corrected chi connectivity index (χ4v) is 3.35. The summed E-state index contributed by atoms with van der Waals surface area (Å²) in [6.45, 7) is 3.24. The van der Waals surface area contributed by atoms with Crippen molar-refractivity contribution in [2.75, 3.05) is 11.9 Å². The summed E-state index contributed by atoms with van der Waals surface area (Å²) < 4.78 is 14.0.